The molecule has 1 aliphatic heterocycles. The van der Waals surface area contributed by atoms with E-state index < -0.39 is 28.7 Å². The monoisotopic (exact) mass is 606 g/mol. The van der Waals surface area contributed by atoms with Crippen molar-refractivity contribution in [2.45, 2.75) is 51.9 Å². The van der Waals surface area contributed by atoms with Gasteiger partial charge < -0.3 is 10.5 Å². The first-order chi connectivity index (χ1) is 19.8. The Bertz CT molecular complexity index is 1630. The van der Waals surface area contributed by atoms with Crippen LogP contribution in [0.3, 0.4) is 0 Å². The van der Waals surface area contributed by atoms with Crippen LogP contribution in [0.25, 0.3) is 28.1 Å². The molecule has 1 aliphatic rings. The van der Waals surface area contributed by atoms with Gasteiger partial charge in [0.1, 0.15) is 11.7 Å². The Balaban J connectivity index is 1.44. The maximum absolute atomic E-state index is 14.8. The molecule has 0 bridgehead atoms. The van der Waals surface area contributed by atoms with Crippen LogP contribution in [0.15, 0.2) is 42.6 Å². The molecule has 0 aliphatic carbocycles. The molecule has 1 unspecified atom stereocenters. The summed E-state index contributed by atoms with van der Waals surface area (Å²) in [6, 6.07) is 6.77. The molecule has 4 heterocycles. The summed E-state index contributed by atoms with van der Waals surface area (Å²) in [6.45, 7) is 5.91. The highest BCUT2D eigenvalue weighted by Crippen LogP contribution is 2.40. The molecule has 0 amide bonds. The Hall–Kier alpha value is -3.35. The predicted octanol–water partition coefficient (Wildman–Crippen LogP) is 5.92. The van der Waals surface area contributed by atoms with E-state index in [2.05, 4.69) is 15.2 Å². The molecule has 3 atom stereocenters. The molecule has 1 aromatic carbocycles. The summed E-state index contributed by atoms with van der Waals surface area (Å²) >= 11 is 5.71. The van der Waals surface area contributed by atoms with E-state index in [0.29, 0.717) is 35.1 Å². The number of hydrogen-bond acceptors (Lipinski definition) is 7. The summed E-state index contributed by atoms with van der Waals surface area (Å²) in [4.78, 5) is 17.7. The van der Waals surface area contributed by atoms with Crippen LogP contribution in [0.4, 0.5) is 17.6 Å². The summed E-state index contributed by atoms with van der Waals surface area (Å²) in [6.07, 6.45) is -2.18. The molecule has 13 heteroatoms. The number of halogens is 5. The molecule has 42 heavy (non-hydrogen) atoms. The number of fused-ring (bicyclic) bond motifs is 2. The number of alkyl halides is 3. The average Bonchev–Trinajstić information content (AvgIpc) is 3.53. The van der Waals surface area contributed by atoms with Crippen molar-refractivity contribution >= 4 is 33.4 Å². The lowest BCUT2D eigenvalue weighted by Gasteiger charge is -2.30. The number of nitrogens with two attached hydrogens (primary N) is 1. The van der Waals surface area contributed by atoms with Gasteiger partial charge in [-0.25, -0.2) is 9.37 Å². The number of nitrogens with zero attached hydrogens (tertiary/aromatic N) is 5. The van der Waals surface area contributed by atoms with Gasteiger partial charge in [0.2, 0.25) is 5.24 Å². The fourth-order valence-corrected chi connectivity index (χ4v) is 5.35. The van der Waals surface area contributed by atoms with Gasteiger partial charge in [-0.2, -0.15) is 13.2 Å². The number of likely N-dealkylation sites (tertiary alicyclic amines) is 1. The van der Waals surface area contributed by atoms with E-state index in [1.807, 2.05) is 6.92 Å². The van der Waals surface area contributed by atoms with Gasteiger partial charge in [-0.1, -0.05) is 32.9 Å². The Labute approximate surface area is 244 Å². The third-order valence-electron chi connectivity index (χ3n) is 8.19. The molecule has 0 spiro atoms. The number of carbonyl (C=O) groups excluding carboxylic acids is 1. The topological polar surface area (TPSA) is 98.6 Å². The molecular formula is C29H31ClF4N6O2. The third-order valence-corrected chi connectivity index (χ3v) is 8.68. The van der Waals surface area contributed by atoms with Crippen LogP contribution < -0.4 is 10.5 Å². The minimum absolute atomic E-state index is 0.0143. The minimum atomic E-state index is -4.51. The number of aromatic nitrogens is 4. The van der Waals surface area contributed by atoms with E-state index in [0.717, 1.165) is 0 Å². The van der Waals surface area contributed by atoms with Gasteiger partial charge in [0.15, 0.2) is 23.0 Å². The zero-order valence-corrected chi connectivity index (χ0v) is 24.1. The average molecular weight is 607 g/mol. The van der Waals surface area contributed by atoms with E-state index in [-0.39, 0.29) is 48.8 Å². The second-order valence-electron chi connectivity index (χ2n) is 11.4. The molecular weight excluding hydrogens is 576 g/mol. The van der Waals surface area contributed by atoms with Crippen molar-refractivity contribution in [1.82, 2.24) is 24.5 Å². The van der Waals surface area contributed by atoms with Gasteiger partial charge in [-0.05, 0) is 54.1 Å². The van der Waals surface area contributed by atoms with Crippen molar-refractivity contribution in [2.75, 3.05) is 19.7 Å². The summed E-state index contributed by atoms with van der Waals surface area (Å²) < 4.78 is 64.6. The van der Waals surface area contributed by atoms with Crippen molar-refractivity contribution in [3.05, 3.63) is 54.0 Å². The highest BCUT2D eigenvalue weighted by atomic mass is 35.5. The molecule has 2 N–H and O–H groups in total. The quantitative estimate of drug-likeness (QED) is 0.187. The van der Waals surface area contributed by atoms with Crippen molar-refractivity contribution in [3.8, 4) is 17.3 Å². The van der Waals surface area contributed by atoms with Gasteiger partial charge in [0.05, 0.1) is 12.1 Å². The standard InChI is InChI=1S/C29H31ClF4N6O2/c1-16(28(2,3)27(30)41)9-11-42-23-13-22-17(12-20(23)31)4-6-21(36-22)26-38-37-24-7-5-18(14-40(24)26)25(29(32,33)34)39-10-8-19(35)15-39/h4-7,12-14,16,19,25H,8-11,15,35H2,1-3H3/t16?,19-,25+/m0/s1. The Kier molecular flexibility index (Phi) is 8.16. The zero-order valence-electron chi connectivity index (χ0n) is 23.3. The number of hydrogen-bond donors (Lipinski definition) is 1. The molecule has 3 aromatic heterocycles. The molecule has 5 rings (SSSR count). The first-order valence-corrected chi connectivity index (χ1v) is 14.0. The molecule has 0 saturated carbocycles. The number of ether oxygens (including phenoxy) is 1. The van der Waals surface area contributed by atoms with Gasteiger partial charge in [-0.15, -0.1) is 10.2 Å². The Morgan fingerprint density at radius 2 is 1.95 bits per heavy atom. The number of benzene rings is 1. The van der Waals surface area contributed by atoms with E-state index in [4.69, 9.17) is 22.1 Å². The lowest BCUT2D eigenvalue weighted by atomic mass is 9.79. The lowest BCUT2D eigenvalue weighted by Crippen LogP contribution is -2.38. The van der Waals surface area contributed by atoms with Crippen molar-refractivity contribution in [2.24, 2.45) is 17.1 Å². The van der Waals surface area contributed by atoms with E-state index in [1.54, 1.807) is 26.0 Å². The van der Waals surface area contributed by atoms with E-state index in [9.17, 15) is 22.4 Å². The summed E-state index contributed by atoms with van der Waals surface area (Å²) in [7, 11) is 0. The van der Waals surface area contributed by atoms with Gasteiger partial charge in [0.25, 0.3) is 0 Å². The van der Waals surface area contributed by atoms with Gasteiger partial charge in [0, 0.05) is 42.2 Å². The van der Waals surface area contributed by atoms with Crippen LogP contribution in [0.5, 0.6) is 5.75 Å². The van der Waals surface area contributed by atoms with Crippen molar-refractivity contribution in [1.29, 1.82) is 0 Å². The number of carbonyl (C=O) groups is 1. The second kappa shape index (κ2) is 11.4. The fraction of sp³-hybridized carbons (Fsp3) is 0.448. The summed E-state index contributed by atoms with van der Waals surface area (Å²) in [5, 5.41) is 8.34. The van der Waals surface area contributed by atoms with Crippen LogP contribution in [0.2, 0.25) is 0 Å². The smallest absolute Gasteiger partial charge is 0.408 e. The van der Waals surface area contributed by atoms with Crippen LogP contribution in [-0.4, -0.2) is 61.6 Å². The largest absolute Gasteiger partial charge is 0.490 e. The first-order valence-electron chi connectivity index (χ1n) is 13.6. The first kappa shape index (κ1) is 30.1. The molecule has 1 fully saturated rings. The molecule has 1 saturated heterocycles. The second-order valence-corrected chi connectivity index (χ2v) is 11.8. The van der Waals surface area contributed by atoms with E-state index >= 15 is 0 Å². The highest BCUT2D eigenvalue weighted by molar-refractivity contribution is 6.64. The van der Waals surface area contributed by atoms with Crippen molar-refractivity contribution in [3.63, 3.8) is 0 Å². The Morgan fingerprint density at radius 1 is 1.19 bits per heavy atom. The summed E-state index contributed by atoms with van der Waals surface area (Å²) in [5.74, 6) is -0.461. The fourth-order valence-electron chi connectivity index (χ4n) is 5.16. The van der Waals surface area contributed by atoms with Crippen LogP contribution in [0, 0.1) is 17.2 Å². The van der Waals surface area contributed by atoms with Crippen LogP contribution in [0.1, 0.15) is 45.2 Å². The van der Waals surface area contributed by atoms with Gasteiger partial charge in [-0.3, -0.25) is 14.1 Å². The number of rotatable bonds is 9. The van der Waals surface area contributed by atoms with Crippen LogP contribution in [-0.2, 0) is 4.79 Å². The maximum atomic E-state index is 14.8. The lowest BCUT2D eigenvalue weighted by molar-refractivity contribution is -0.183. The van der Waals surface area contributed by atoms with Gasteiger partial charge >= 0.3 is 6.18 Å². The Morgan fingerprint density at radius 3 is 2.62 bits per heavy atom. The molecule has 8 nitrogen and oxygen atoms in total. The molecule has 224 valence electrons. The highest BCUT2D eigenvalue weighted by Gasteiger charge is 2.46. The molecule has 0 radical (unpaired) electrons. The predicted molar refractivity (Wildman–Crippen MR) is 151 cm³/mol. The minimum Gasteiger partial charge on any atom is -0.490 e. The maximum Gasteiger partial charge on any atom is 0.408 e. The zero-order chi connectivity index (χ0) is 30.4. The molecule has 4 aromatic rings. The van der Waals surface area contributed by atoms with Crippen molar-refractivity contribution < 1.29 is 27.1 Å². The summed E-state index contributed by atoms with van der Waals surface area (Å²) in [5.41, 5.74) is 6.28. The van der Waals surface area contributed by atoms with E-state index in [1.165, 1.54) is 39.8 Å². The SMILES string of the molecule is CC(CCOc1cc2nc(-c3nnc4ccc([C@@H](N5CC[C@H](N)C5)C(F)(F)F)cn34)ccc2cc1F)C(C)(C)C(=O)Cl. The third kappa shape index (κ3) is 5.93. The number of pyridine rings is 2. The normalized spacial score (nSPS) is 18.1. The van der Waals surface area contributed by atoms with Crippen LogP contribution >= 0.6 is 11.6 Å².